The molecule has 0 amide bonds. The molecule has 2 aromatic heterocycles. The number of halogens is 2. The van der Waals surface area contributed by atoms with Crippen LogP contribution in [0.5, 0.6) is 0 Å². The second kappa shape index (κ2) is 6.74. The summed E-state index contributed by atoms with van der Waals surface area (Å²) in [5.74, 6) is 0. The minimum atomic E-state index is 0. The Morgan fingerprint density at radius 2 is 2.18 bits per heavy atom. The van der Waals surface area contributed by atoms with Gasteiger partial charge in [0.2, 0.25) is 5.69 Å². The fourth-order valence-electron chi connectivity index (χ4n) is 1.41. The third kappa shape index (κ3) is 3.80. The standard InChI is InChI=1S/C11H9BrN2OS.ClH/c12-11-5-4-10(16-11)8-14-6-2-1-3-9(14)7-13-15;/h1-7H,8H2;1H. The zero-order chi connectivity index (χ0) is 11.4. The molecule has 0 radical (unpaired) electrons. The van der Waals surface area contributed by atoms with E-state index in [0.29, 0.717) is 0 Å². The van der Waals surface area contributed by atoms with Gasteiger partial charge in [0.25, 0.3) is 0 Å². The number of nitrogens with zero attached hydrogens (tertiary/aromatic N) is 2. The Bertz CT molecular complexity index is 516. The zero-order valence-electron chi connectivity index (χ0n) is 8.75. The minimum absolute atomic E-state index is 0. The molecule has 0 saturated heterocycles. The van der Waals surface area contributed by atoms with Crippen LogP contribution in [0.15, 0.2) is 45.5 Å². The first-order valence-corrected chi connectivity index (χ1v) is 6.30. The van der Waals surface area contributed by atoms with Crippen LogP contribution < -0.4 is 17.0 Å². The Morgan fingerprint density at radius 1 is 1.35 bits per heavy atom. The van der Waals surface area contributed by atoms with Gasteiger partial charge in [0.05, 0.1) is 8.66 Å². The normalized spacial score (nSPS) is 10.4. The molecule has 2 aromatic rings. The summed E-state index contributed by atoms with van der Waals surface area (Å²) in [6.45, 7) is 0.776. The Morgan fingerprint density at radius 3 is 2.82 bits per heavy atom. The summed E-state index contributed by atoms with van der Waals surface area (Å²) in [7, 11) is 0. The predicted molar refractivity (Wildman–Crippen MR) is 67.1 cm³/mol. The summed E-state index contributed by atoms with van der Waals surface area (Å²) in [6, 6.07) is 9.88. The van der Waals surface area contributed by atoms with E-state index in [9.17, 15) is 0 Å². The largest absolute Gasteiger partial charge is 1.00 e. The molecular formula is C11H10BrClN2OS. The highest BCUT2D eigenvalue weighted by atomic mass is 79.9. The topological polar surface area (TPSA) is 36.5 Å². The van der Waals surface area contributed by atoms with E-state index < -0.39 is 0 Å². The Balaban J connectivity index is 0.00000144. The second-order valence-electron chi connectivity index (χ2n) is 3.20. The summed E-state index contributed by atoms with van der Waals surface area (Å²) in [5, 5.41) is 11.6. The van der Waals surface area contributed by atoms with Crippen LogP contribution in [0.3, 0.4) is 0 Å². The highest BCUT2D eigenvalue weighted by Gasteiger charge is 2.09. The average molecular weight is 334 g/mol. The van der Waals surface area contributed by atoms with Crippen LogP contribution in [0.4, 0.5) is 0 Å². The van der Waals surface area contributed by atoms with Crippen LogP contribution in [0.2, 0.25) is 0 Å². The third-order valence-electron chi connectivity index (χ3n) is 2.12. The van der Waals surface area contributed by atoms with Crippen LogP contribution >= 0.6 is 27.3 Å². The molecule has 0 spiro atoms. The van der Waals surface area contributed by atoms with E-state index in [2.05, 4.69) is 27.2 Å². The van der Waals surface area contributed by atoms with Crippen molar-refractivity contribution < 1.29 is 22.2 Å². The molecule has 0 saturated carbocycles. The first-order chi connectivity index (χ1) is 7.79. The molecule has 17 heavy (non-hydrogen) atoms. The molecule has 1 N–H and O–H groups in total. The minimum Gasteiger partial charge on any atom is -1.00 e. The van der Waals surface area contributed by atoms with Gasteiger partial charge in [-0.2, -0.15) is 4.57 Å². The van der Waals surface area contributed by atoms with Gasteiger partial charge in [0.1, 0.15) is 6.21 Å². The fraction of sp³-hybridized carbons (Fsp3) is 0.0909. The Labute approximate surface area is 118 Å². The van der Waals surface area contributed by atoms with E-state index in [1.165, 1.54) is 11.1 Å². The smallest absolute Gasteiger partial charge is 0.227 e. The van der Waals surface area contributed by atoms with Crippen LogP contribution in [-0.2, 0) is 6.54 Å². The van der Waals surface area contributed by atoms with Gasteiger partial charge >= 0.3 is 0 Å². The molecule has 2 heterocycles. The predicted octanol–water partition coefficient (Wildman–Crippen LogP) is -0.342. The lowest BCUT2D eigenvalue weighted by Gasteiger charge is -1.97. The van der Waals surface area contributed by atoms with Gasteiger partial charge in [-0.1, -0.05) is 5.16 Å². The highest BCUT2D eigenvalue weighted by Crippen LogP contribution is 2.21. The van der Waals surface area contributed by atoms with Crippen molar-refractivity contribution in [2.45, 2.75) is 6.54 Å². The quantitative estimate of drug-likeness (QED) is 0.355. The van der Waals surface area contributed by atoms with E-state index in [1.54, 1.807) is 11.3 Å². The number of thiophene rings is 1. The monoisotopic (exact) mass is 332 g/mol. The summed E-state index contributed by atoms with van der Waals surface area (Å²) in [5.41, 5.74) is 0.870. The number of hydrogen-bond donors (Lipinski definition) is 1. The van der Waals surface area contributed by atoms with Crippen molar-refractivity contribution in [1.29, 1.82) is 0 Å². The van der Waals surface area contributed by atoms with Crippen molar-refractivity contribution in [2.24, 2.45) is 5.16 Å². The number of rotatable bonds is 3. The maximum atomic E-state index is 8.57. The number of oxime groups is 1. The molecular weight excluding hydrogens is 324 g/mol. The second-order valence-corrected chi connectivity index (χ2v) is 5.75. The van der Waals surface area contributed by atoms with E-state index >= 15 is 0 Å². The van der Waals surface area contributed by atoms with Crippen molar-refractivity contribution >= 4 is 33.5 Å². The van der Waals surface area contributed by atoms with Crippen LogP contribution in [-0.4, -0.2) is 11.4 Å². The van der Waals surface area contributed by atoms with Gasteiger partial charge in [-0.05, 0) is 34.1 Å². The van der Waals surface area contributed by atoms with Gasteiger partial charge in [-0.15, -0.1) is 11.3 Å². The fourth-order valence-corrected chi connectivity index (χ4v) is 2.90. The number of pyridine rings is 1. The Kier molecular flexibility index (Phi) is 5.61. The van der Waals surface area contributed by atoms with Crippen molar-refractivity contribution in [3.05, 3.63) is 50.9 Å². The summed E-state index contributed by atoms with van der Waals surface area (Å²) in [4.78, 5) is 1.25. The first kappa shape index (κ1) is 14.2. The van der Waals surface area contributed by atoms with Crippen LogP contribution in [0, 0.1) is 0 Å². The van der Waals surface area contributed by atoms with E-state index in [1.807, 2.05) is 35.0 Å². The van der Waals surface area contributed by atoms with E-state index in [-0.39, 0.29) is 12.4 Å². The summed E-state index contributed by atoms with van der Waals surface area (Å²) >= 11 is 5.14. The molecule has 3 nitrogen and oxygen atoms in total. The molecule has 0 aromatic carbocycles. The maximum Gasteiger partial charge on any atom is 0.227 e. The molecule has 0 atom stereocenters. The van der Waals surface area contributed by atoms with Crippen molar-refractivity contribution in [3.8, 4) is 0 Å². The van der Waals surface area contributed by atoms with Crippen molar-refractivity contribution in [3.63, 3.8) is 0 Å². The number of aromatic nitrogens is 1. The maximum absolute atomic E-state index is 8.57. The molecule has 0 aliphatic rings. The van der Waals surface area contributed by atoms with Gasteiger partial charge in [0, 0.05) is 12.1 Å². The highest BCUT2D eigenvalue weighted by molar-refractivity contribution is 9.11. The van der Waals surface area contributed by atoms with Gasteiger partial charge in [-0.25, -0.2) is 0 Å². The molecule has 2 rings (SSSR count). The first-order valence-electron chi connectivity index (χ1n) is 4.70. The molecule has 0 unspecified atom stereocenters. The molecule has 0 aliphatic heterocycles. The van der Waals surface area contributed by atoms with Crippen molar-refractivity contribution in [2.75, 3.05) is 0 Å². The lowest BCUT2D eigenvalue weighted by Crippen LogP contribution is -3.00. The summed E-state index contributed by atoms with van der Waals surface area (Å²) < 4.78 is 3.15. The molecule has 6 heteroatoms. The van der Waals surface area contributed by atoms with Gasteiger partial charge < -0.3 is 17.6 Å². The lowest BCUT2D eigenvalue weighted by molar-refractivity contribution is -0.688. The molecule has 0 fully saturated rings. The van der Waals surface area contributed by atoms with Gasteiger partial charge in [-0.3, -0.25) is 0 Å². The van der Waals surface area contributed by atoms with Crippen LogP contribution in [0.25, 0.3) is 0 Å². The van der Waals surface area contributed by atoms with Crippen molar-refractivity contribution in [1.82, 2.24) is 0 Å². The average Bonchev–Trinajstić information content (AvgIpc) is 2.67. The van der Waals surface area contributed by atoms with Gasteiger partial charge in [0.15, 0.2) is 12.7 Å². The van der Waals surface area contributed by atoms with E-state index in [0.717, 1.165) is 16.0 Å². The Hall–Kier alpha value is -0.910. The van der Waals surface area contributed by atoms with Crippen LogP contribution in [0.1, 0.15) is 10.6 Å². The van der Waals surface area contributed by atoms with E-state index in [4.69, 9.17) is 5.21 Å². The number of hydrogen-bond acceptors (Lipinski definition) is 3. The zero-order valence-corrected chi connectivity index (χ0v) is 11.9. The summed E-state index contributed by atoms with van der Waals surface area (Å²) in [6.07, 6.45) is 3.40. The molecule has 0 aliphatic carbocycles. The molecule has 0 bridgehead atoms. The third-order valence-corrected chi connectivity index (χ3v) is 3.73. The lowest BCUT2D eigenvalue weighted by atomic mass is 10.3. The SMILES string of the molecule is O/N=C/c1cccc[n+]1Cc1ccc(Br)s1.[Cl-]. The molecule has 90 valence electrons.